The van der Waals surface area contributed by atoms with Gasteiger partial charge in [0.1, 0.15) is 0 Å². The van der Waals surface area contributed by atoms with Crippen LogP contribution in [0.15, 0.2) is 22.6 Å². The molecule has 1 aliphatic carbocycles. The number of hydrogen-bond donors (Lipinski definition) is 1. The summed E-state index contributed by atoms with van der Waals surface area (Å²) >= 11 is 2.03. The number of hydrogen-bond acceptors (Lipinski definition) is 4. The van der Waals surface area contributed by atoms with E-state index >= 15 is 0 Å². The first-order chi connectivity index (χ1) is 20.8. The molecule has 0 heterocycles. The number of rotatable bonds is 22. The van der Waals surface area contributed by atoms with Crippen molar-refractivity contribution < 1.29 is 18.8 Å². The number of carboxylic acids is 1. The van der Waals surface area contributed by atoms with Crippen LogP contribution in [-0.4, -0.2) is 45.7 Å². The first-order valence-corrected chi connectivity index (χ1v) is 25.2. The molecule has 1 rings (SSSR count). The van der Waals surface area contributed by atoms with Crippen molar-refractivity contribution in [1.82, 2.24) is 0 Å². The van der Waals surface area contributed by atoms with Crippen LogP contribution in [-0.2, 0) is 13.6 Å². The minimum Gasteiger partial charge on any atom is -0.481 e. The molecule has 0 aromatic heterocycles. The molecule has 1 N–H and O–H groups in total. The number of aliphatic carboxylic acids is 1. The SMILES string of the molecule is CCCCCC1=C(SCCCCCC(=O)O)[C@@H](/C=C/[C@H](C[C@H](C)CCCC)O[Si](C)(C)C(C)(C)C)[C@H](O[Si](C)(C)C(C)(C)C)C1. The summed E-state index contributed by atoms with van der Waals surface area (Å²) in [4.78, 5) is 12.6. The highest BCUT2D eigenvalue weighted by atomic mass is 32.2. The molecule has 4 nitrogen and oxygen atoms in total. The molecule has 1 aliphatic rings. The van der Waals surface area contributed by atoms with Gasteiger partial charge in [-0.3, -0.25) is 4.79 Å². The van der Waals surface area contributed by atoms with Crippen LogP contribution in [0.4, 0.5) is 0 Å². The van der Waals surface area contributed by atoms with Crippen LogP contribution in [0.2, 0.25) is 36.3 Å². The topological polar surface area (TPSA) is 55.8 Å². The minimum absolute atomic E-state index is 0.123. The Labute approximate surface area is 286 Å². The van der Waals surface area contributed by atoms with Crippen LogP contribution in [0.1, 0.15) is 146 Å². The molecule has 0 fully saturated rings. The fourth-order valence-corrected chi connectivity index (χ4v) is 9.54. The van der Waals surface area contributed by atoms with Gasteiger partial charge in [-0.05, 0) is 91.4 Å². The van der Waals surface area contributed by atoms with Crippen molar-refractivity contribution in [3.63, 3.8) is 0 Å². The van der Waals surface area contributed by atoms with Gasteiger partial charge in [-0.2, -0.15) is 0 Å². The van der Waals surface area contributed by atoms with E-state index in [-0.39, 0.29) is 34.6 Å². The Morgan fingerprint density at radius 2 is 1.56 bits per heavy atom. The number of carboxylic acid groups (broad SMARTS) is 1. The Kier molecular flexibility index (Phi) is 18.6. The Hall–Kier alpha value is -0.346. The van der Waals surface area contributed by atoms with Crippen LogP contribution in [0, 0.1) is 11.8 Å². The Bertz CT molecular complexity index is 929. The van der Waals surface area contributed by atoms with Crippen molar-refractivity contribution in [3.8, 4) is 0 Å². The van der Waals surface area contributed by atoms with E-state index in [1.807, 2.05) is 11.8 Å². The molecule has 0 aliphatic heterocycles. The van der Waals surface area contributed by atoms with E-state index in [1.54, 1.807) is 5.57 Å². The van der Waals surface area contributed by atoms with Gasteiger partial charge in [0, 0.05) is 12.3 Å². The van der Waals surface area contributed by atoms with Gasteiger partial charge in [0.05, 0.1) is 12.2 Å². The summed E-state index contributed by atoms with van der Waals surface area (Å²) in [5.74, 6) is 1.25. The average Bonchev–Trinajstić information content (AvgIpc) is 3.21. The highest BCUT2D eigenvalue weighted by molar-refractivity contribution is 8.03. The second-order valence-corrected chi connectivity index (χ2v) is 27.6. The molecule has 0 aromatic rings. The molecule has 0 saturated carbocycles. The monoisotopic (exact) mass is 682 g/mol. The van der Waals surface area contributed by atoms with Gasteiger partial charge < -0.3 is 14.0 Å². The first kappa shape index (κ1) is 42.7. The van der Waals surface area contributed by atoms with Crippen molar-refractivity contribution in [2.45, 2.75) is 194 Å². The molecular formula is C38H74O4SSi2. The highest BCUT2D eigenvalue weighted by Crippen LogP contribution is 2.48. The van der Waals surface area contributed by atoms with Crippen molar-refractivity contribution in [3.05, 3.63) is 22.6 Å². The van der Waals surface area contributed by atoms with E-state index in [2.05, 4.69) is 101 Å². The molecule has 45 heavy (non-hydrogen) atoms. The van der Waals surface area contributed by atoms with Crippen molar-refractivity contribution in [1.29, 1.82) is 0 Å². The van der Waals surface area contributed by atoms with Crippen LogP contribution < -0.4 is 0 Å². The molecule has 0 spiro atoms. The van der Waals surface area contributed by atoms with Crippen molar-refractivity contribution in [2.75, 3.05) is 5.75 Å². The standard InChI is InChI=1S/C38H74O4SSi2/c1-14-16-19-23-31-29-34(42-45(12,13)38(7,8)9)33(36(31)43-27-21-18-20-24-35(39)40)26-25-32(28-30(3)22-17-15-2)41-44(10,11)37(4,5)6/h25-26,30,32-34H,14-24,27-29H2,1-13H3,(H,39,40)/b26-25+/t30-,32-,33+,34-/m1/s1. The molecule has 0 bridgehead atoms. The summed E-state index contributed by atoms with van der Waals surface area (Å²) in [5.41, 5.74) is 1.61. The van der Waals surface area contributed by atoms with E-state index in [4.69, 9.17) is 14.0 Å². The predicted molar refractivity (Wildman–Crippen MR) is 204 cm³/mol. The van der Waals surface area contributed by atoms with Gasteiger partial charge >= 0.3 is 5.97 Å². The molecule has 0 unspecified atom stereocenters. The molecule has 0 radical (unpaired) electrons. The van der Waals surface area contributed by atoms with Gasteiger partial charge in [-0.1, -0.05) is 119 Å². The molecule has 0 aromatic carbocycles. The van der Waals surface area contributed by atoms with Crippen LogP contribution in [0.3, 0.4) is 0 Å². The first-order valence-electron chi connectivity index (χ1n) is 18.4. The third kappa shape index (κ3) is 15.2. The smallest absolute Gasteiger partial charge is 0.303 e. The lowest BCUT2D eigenvalue weighted by molar-refractivity contribution is -0.137. The lowest BCUT2D eigenvalue weighted by Gasteiger charge is -2.40. The number of unbranched alkanes of at least 4 members (excludes halogenated alkanes) is 5. The fraction of sp³-hybridized carbons (Fsp3) is 0.868. The quantitative estimate of drug-likeness (QED) is 0.0699. The number of carbonyl (C=O) groups is 1. The van der Waals surface area contributed by atoms with Gasteiger partial charge in [0.15, 0.2) is 16.6 Å². The van der Waals surface area contributed by atoms with Gasteiger partial charge in [-0.15, -0.1) is 11.8 Å². The molecule has 0 saturated heterocycles. The normalized spacial score (nSPS) is 19.9. The van der Waals surface area contributed by atoms with Gasteiger partial charge in [0.2, 0.25) is 0 Å². The second kappa shape index (κ2) is 19.6. The summed E-state index contributed by atoms with van der Waals surface area (Å²) in [5, 5.41) is 9.40. The van der Waals surface area contributed by atoms with Crippen LogP contribution >= 0.6 is 11.8 Å². The van der Waals surface area contributed by atoms with Crippen molar-refractivity contribution in [2.24, 2.45) is 11.8 Å². The van der Waals surface area contributed by atoms with E-state index < -0.39 is 22.6 Å². The number of thioether (sulfide) groups is 1. The Balaban J connectivity index is 3.47. The molecule has 4 atom stereocenters. The largest absolute Gasteiger partial charge is 0.481 e. The second-order valence-electron chi connectivity index (χ2n) is 16.9. The summed E-state index contributed by atoms with van der Waals surface area (Å²) in [6, 6.07) is 0. The summed E-state index contributed by atoms with van der Waals surface area (Å²) in [6.45, 7) is 30.6. The van der Waals surface area contributed by atoms with Crippen molar-refractivity contribution >= 4 is 34.4 Å². The zero-order chi connectivity index (χ0) is 34.5. The summed E-state index contributed by atoms with van der Waals surface area (Å²) in [6.07, 6.45) is 19.1. The fourth-order valence-electron chi connectivity index (χ4n) is 5.54. The van der Waals surface area contributed by atoms with E-state index in [0.717, 1.165) is 44.3 Å². The van der Waals surface area contributed by atoms with E-state index in [9.17, 15) is 4.79 Å². The van der Waals surface area contributed by atoms with Gasteiger partial charge in [0.25, 0.3) is 0 Å². The van der Waals surface area contributed by atoms with Crippen LogP contribution in [0.5, 0.6) is 0 Å². The third-order valence-corrected chi connectivity index (χ3v) is 21.0. The molecule has 0 amide bonds. The minimum atomic E-state index is -1.98. The lowest BCUT2D eigenvalue weighted by Crippen LogP contribution is -2.45. The Morgan fingerprint density at radius 3 is 2.11 bits per heavy atom. The maximum atomic E-state index is 11.0. The van der Waals surface area contributed by atoms with Gasteiger partial charge in [-0.25, -0.2) is 0 Å². The van der Waals surface area contributed by atoms with E-state index in [1.165, 1.54) is 43.4 Å². The lowest BCUT2D eigenvalue weighted by atomic mass is 9.96. The zero-order valence-corrected chi connectivity index (χ0v) is 34.8. The van der Waals surface area contributed by atoms with Crippen LogP contribution in [0.25, 0.3) is 0 Å². The van der Waals surface area contributed by atoms with E-state index in [0.29, 0.717) is 5.92 Å². The summed E-state index contributed by atoms with van der Waals surface area (Å²) < 4.78 is 14.4. The molecular weight excluding hydrogens is 609 g/mol. The Morgan fingerprint density at radius 1 is 0.933 bits per heavy atom. The predicted octanol–water partition coefficient (Wildman–Crippen LogP) is 12.8. The highest BCUT2D eigenvalue weighted by Gasteiger charge is 2.44. The maximum Gasteiger partial charge on any atom is 0.303 e. The zero-order valence-electron chi connectivity index (χ0n) is 31.9. The summed E-state index contributed by atoms with van der Waals surface area (Å²) in [7, 11) is -3.93. The molecule has 264 valence electrons. The average molecular weight is 683 g/mol. The molecule has 7 heteroatoms. The third-order valence-electron chi connectivity index (χ3n) is 10.6. The maximum absolute atomic E-state index is 11.0.